The largest absolute Gasteiger partial charge is 0.341 e. The minimum atomic E-state index is -0.880. The average molecular weight is 314 g/mol. The van der Waals surface area contributed by atoms with Gasteiger partial charge >= 0.3 is 0 Å². The molecule has 0 radical (unpaired) electrons. The lowest BCUT2D eigenvalue weighted by Crippen LogP contribution is -2.48. The van der Waals surface area contributed by atoms with E-state index in [0.29, 0.717) is 13.1 Å². The van der Waals surface area contributed by atoms with Crippen LogP contribution >= 0.6 is 11.6 Å². The van der Waals surface area contributed by atoms with E-state index < -0.39 is 17.8 Å². The van der Waals surface area contributed by atoms with E-state index in [2.05, 4.69) is 10.3 Å². The Bertz CT molecular complexity index is 547. The van der Waals surface area contributed by atoms with Crippen LogP contribution in [-0.2, 0) is 4.79 Å². The molecule has 0 saturated carbocycles. The molecule has 0 aliphatic carbocycles. The minimum absolute atomic E-state index is 0.149. The van der Waals surface area contributed by atoms with Crippen molar-refractivity contribution in [2.45, 2.75) is 32.2 Å². The standard InChI is InChI=1S/C14H17ClFN3O2/c1-9(14(21)19-7-3-2-4-8-19)18-13(20)10-5-6-17-12(15)11(10)16/h5-6,9H,2-4,7-8H2,1H3,(H,18,20)/t9-/m1/s1. The van der Waals surface area contributed by atoms with Gasteiger partial charge in [-0.05, 0) is 32.3 Å². The van der Waals surface area contributed by atoms with Gasteiger partial charge < -0.3 is 10.2 Å². The Balaban J connectivity index is 2.01. The maximum absolute atomic E-state index is 13.7. The number of piperidine rings is 1. The summed E-state index contributed by atoms with van der Waals surface area (Å²) in [6.07, 6.45) is 4.31. The summed E-state index contributed by atoms with van der Waals surface area (Å²) in [7, 11) is 0. The summed E-state index contributed by atoms with van der Waals surface area (Å²) in [6, 6.07) is 0.524. The second-order valence-corrected chi connectivity index (χ2v) is 5.40. The van der Waals surface area contributed by atoms with Crippen LogP contribution in [0.5, 0.6) is 0 Å². The van der Waals surface area contributed by atoms with Crippen LogP contribution in [0.25, 0.3) is 0 Å². The molecule has 0 unspecified atom stereocenters. The molecule has 114 valence electrons. The van der Waals surface area contributed by atoms with Crippen molar-refractivity contribution in [3.8, 4) is 0 Å². The van der Waals surface area contributed by atoms with Gasteiger partial charge in [0.15, 0.2) is 11.0 Å². The average Bonchev–Trinajstić information content (AvgIpc) is 2.50. The first-order valence-electron chi connectivity index (χ1n) is 6.90. The zero-order valence-corrected chi connectivity index (χ0v) is 12.5. The summed E-state index contributed by atoms with van der Waals surface area (Å²) < 4.78 is 13.7. The SMILES string of the molecule is C[C@@H](NC(=O)c1ccnc(Cl)c1F)C(=O)N1CCCCC1. The first-order chi connectivity index (χ1) is 10.0. The van der Waals surface area contributed by atoms with E-state index >= 15 is 0 Å². The molecule has 1 saturated heterocycles. The van der Waals surface area contributed by atoms with Crippen molar-refractivity contribution in [2.75, 3.05) is 13.1 Å². The molecule has 0 bridgehead atoms. The molecule has 1 aromatic rings. The number of hydrogen-bond acceptors (Lipinski definition) is 3. The number of hydrogen-bond donors (Lipinski definition) is 1. The molecule has 1 N–H and O–H groups in total. The van der Waals surface area contributed by atoms with Gasteiger partial charge in [-0.1, -0.05) is 11.6 Å². The summed E-state index contributed by atoms with van der Waals surface area (Å²) in [5.41, 5.74) is -0.215. The van der Waals surface area contributed by atoms with Crippen LogP contribution < -0.4 is 5.32 Å². The number of carbonyl (C=O) groups excluding carboxylic acids is 2. The first kappa shape index (κ1) is 15.7. The third-order valence-electron chi connectivity index (χ3n) is 3.48. The van der Waals surface area contributed by atoms with Crippen LogP contribution in [0, 0.1) is 5.82 Å². The minimum Gasteiger partial charge on any atom is -0.341 e. The number of aromatic nitrogens is 1. The van der Waals surface area contributed by atoms with Crippen molar-refractivity contribution in [3.63, 3.8) is 0 Å². The fourth-order valence-electron chi connectivity index (χ4n) is 2.32. The molecule has 1 aromatic heterocycles. The molecule has 1 aliphatic rings. The van der Waals surface area contributed by atoms with Crippen LogP contribution in [0.15, 0.2) is 12.3 Å². The van der Waals surface area contributed by atoms with Crippen LogP contribution in [-0.4, -0.2) is 40.8 Å². The molecule has 7 heteroatoms. The molecule has 1 atom stereocenters. The Labute approximate surface area is 127 Å². The van der Waals surface area contributed by atoms with Crippen molar-refractivity contribution in [2.24, 2.45) is 0 Å². The molecule has 2 amide bonds. The van der Waals surface area contributed by atoms with Gasteiger partial charge in [-0.25, -0.2) is 9.37 Å². The van der Waals surface area contributed by atoms with E-state index in [1.807, 2.05) is 0 Å². The van der Waals surface area contributed by atoms with E-state index in [-0.39, 0.29) is 16.6 Å². The number of halogens is 2. The lowest BCUT2D eigenvalue weighted by molar-refractivity contribution is -0.133. The Kier molecular flexibility index (Phi) is 5.12. The molecule has 0 spiro atoms. The molecule has 1 aliphatic heterocycles. The second kappa shape index (κ2) is 6.85. The Morgan fingerprint density at radius 2 is 2.05 bits per heavy atom. The Hall–Kier alpha value is -1.69. The van der Waals surface area contributed by atoms with Crippen LogP contribution in [0.3, 0.4) is 0 Å². The molecule has 2 heterocycles. The van der Waals surface area contributed by atoms with Crippen molar-refractivity contribution in [1.82, 2.24) is 15.2 Å². The zero-order valence-electron chi connectivity index (χ0n) is 11.7. The number of carbonyl (C=O) groups is 2. The van der Waals surface area contributed by atoms with Crippen LogP contribution in [0.4, 0.5) is 4.39 Å². The van der Waals surface area contributed by atoms with Crippen LogP contribution in [0.2, 0.25) is 5.15 Å². The quantitative estimate of drug-likeness (QED) is 0.868. The van der Waals surface area contributed by atoms with Gasteiger partial charge in [-0.3, -0.25) is 9.59 Å². The van der Waals surface area contributed by atoms with Crippen molar-refractivity contribution in [3.05, 3.63) is 28.8 Å². The van der Waals surface area contributed by atoms with Crippen LogP contribution in [0.1, 0.15) is 36.5 Å². The van der Waals surface area contributed by atoms with Gasteiger partial charge in [-0.2, -0.15) is 0 Å². The molecule has 2 rings (SSSR count). The fourth-order valence-corrected chi connectivity index (χ4v) is 2.48. The third kappa shape index (κ3) is 3.69. The summed E-state index contributed by atoms with van der Waals surface area (Å²) in [4.78, 5) is 29.5. The molecule has 0 aromatic carbocycles. The van der Waals surface area contributed by atoms with Gasteiger partial charge in [0.25, 0.3) is 5.91 Å². The van der Waals surface area contributed by atoms with Gasteiger partial charge in [0.2, 0.25) is 5.91 Å². The lowest BCUT2D eigenvalue weighted by atomic mass is 10.1. The second-order valence-electron chi connectivity index (χ2n) is 5.04. The summed E-state index contributed by atoms with van der Waals surface area (Å²) in [6.45, 7) is 3.00. The third-order valence-corrected chi connectivity index (χ3v) is 3.74. The predicted octanol–water partition coefficient (Wildman–Crippen LogP) is 2.00. The fraction of sp³-hybridized carbons (Fsp3) is 0.500. The maximum atomic E-state index is 13.7. The monoisotopic (exact) mass is 313 g/mol. The number of rotatable bonds is 3. The normalized spacial score (nSPS) is 16.4. The summed E-state index contributed by atoms with van der Waals surface area (Å²) in [5, 5.41) is 2.14. The van der Waals surface area contributed by atoms with E-state index in [4.69, 9.17) is 11.6 Å². The van der Waals surface area contributed by atoms with E-state index in [0.717, 1.165) is 19.3 Å². The number of pyridine rings is 1. The molecular formula is C14H17ClFN3O2. The Morgan fingerprint density at radius 3 is 2.71 bits per heavy atom. The van der Waals surface area contributed by atoms with Gasteiger partial charge in [0, 0.05) is 19.3 Å². The highest BCUT2D eigenvalue weighted by molar-refractivity contribution is 6.29. The number of nitrogens with zero attached hydrogens (tertiary/aromatic N) is 2. The van der Waals surface area contributed by atoms with Gasteiger partial charge in [0.05, 0.1) is 5.56 Å². The molecular weight excluding hydrogens is 297 g/mol. The summed E-state index contributed by atoms with van der Waals surface area (Å²) in [5.74, 6) is -1.70. The van der Waals surface area contributed by atoms with Gasteiger partial charge in [-0.15, -0.1) is 0 Å². The number of nitrogens with one attached hydrogen (secondary N) is 1. The van der Waals surface area contributed by atoms with Crippen molar-refractivity contribution < 1.29 is 14.0 Å². The van der Waals surface area contributed by atoms with E-state index in [1.165, 1.54) is 12.3 Å². The summed E-state index contributed by atoms with van der Waals surface area (Å²) >= 11 is 5.54. The van der Waals surface area contributed by atoms with Crippen molar-refractivity contribution >= 4 is 23.4 Å². The van der Waals surface area contributed by atoms with Crippen molar-refractivity contribution in [1.29, 1.82) is 0 Å². The highest BCUT2D eigenvalue weighted by atomic mass is 35.5. The topological polar surface area (TPSA) is 62.3 Å². The maximum Gasteiger partial charge on any atom is 0.255 e. The lowest BCUT2D eigenvalue weighted by Gasteiger charge is -2.29. The Morgan fingerprint density at radius 1 is 1.38 bits per heavy atom. The smallest absolute Gasteiger partial charge is 0.255 e. The predicted molar refractivity (Wildman–Crippen MR) is 76.6 cm³/mol. The molecule has 5 nitrogen and oxygen atoms in total. The van der Waals surface area contributed by atoms with E-state index in [1.54, 1.807) is 11.8 Å². The highest BCUT2D eigenvalue weighted by Gasteiger charge is 2.25. The highest BCUT2D eigenvalue weighted by Crippen LogP contribution is 2.15. The zero-order chi connectivity index (χ0) is 15.4. The number of amides is 2. The van der Waals surface area contributed by atoms with Gasteiger partial charge in [0.1, 0.15) is 6.04 Å². The first-order valence-corrected chi connectivity index (χ1v) is 7.28. The molecule has 21 heavy (non-hydrogen) atoms. The number of likely N-dealkylation sites (tertiary alicyclic amines) is 1. The molecule has 1 fully saturated rings. The van der Waals surface area contributed by atoms with E-state index in [9.17, 15) is 14.0 Å².